The second-order valence-electron chi connectivity index (χ2n) is 9.71. The molecule has 0 aromatic rings. The van der Waals surface area contributed by atoms with E-state index in [1.807, 2.05) is 6.92 Å². The summed E-state index contributed by atoms with van der Waals surface area (Å²) in [6.07, 6.45) is 3.71. The van der Waals surface area contributed by atoms with Crippen molar-refractivity contribution in [1.29, 1.82) is 0 Å². The summed E-state index contributed by atoms with van der Waals surface area (Å²) < 4.78 is 1.75. The van der Waals surface area contributed by atoms with Gasteiger partial charge in [-0.1, -0.05) is 26.7 Å². The summed E-state index contributed by atoms with van der Waals surface area (Å²) >= 11 is -1.43. The van der Waals surface area contributed by atoms with E-state index in [0.717, 1.165) is 25.7 Å². The third-order valence-corrected chi connectivity index (χ3v) is 16.8. The molecule has 0 saturated heterocycles. The Morgan fingerprint density at radius 3 is 1.35 bits per heavy atom. The van der Waals surface area contributed by atoms with Crippen LogP contribution in [0, 0.1) is 5.92 Å². The van der Waals surface area contributed by atoms with Crippen molar-refractivity contribution in [3.63, 3.8) is 0 Å². The van der Waals surface area contributed by atoms with Crippen molar-refractivity contribution >= 4 is 25.7 Å². The predicted molar refractivity (Wildman–Crippen MR) is 106 cm³/mol. The molecule has 1 unspecified atom stereocenters. The number of hydrogen-bond donors (Lipinski definition) is 1. The van der Waals surface area contributed by atoms with Gasteiger partial charge in [0.15, 0.2) is 0 Å². The number of unbranched alkanes of at least 4 members (excludes halogenated alkanes) is 1. The molecule has 0 spiro atoms. The molecule has 1 N–H and O–H groups in total. The maximum absolute atomic E-state index is 10.4. The van der Waals surface area contributed by atoms with E-state index < -0.39 is 25.7 Å². The SMILES string of the molecule is CCCCC(CC)C(=O)O.C[C](C)(C)[Sn]([C](C)(C)C)[C](C)(C)C. The molecule has 0 rings (SSSR count). The van der Waals surface area contributed by atoms with Gasteiger partial charge in [-0.3, -0.25) is 4.79 Å². The van der Waals surface area contributed by atoms with Crippen LogP contribution in [0.1, 0.15) is 102 Å². The number of hydrogen-bond acceptors (Lipinski definition) is 1. The van der Waals surface area contributed by atoms with Gasteiger partial charge in [-0.25, -0.2) is 0 Å². The molecule has 0 heterocycles. The first-order valence-corrected chi connectivity index (χ1v) is 13.5. The van der Waals surface area contributed by atoms with Crippen molar-refractivity contribution in [2.75, 3.05) is 0 Å². The van der Waals surface area contributed by atoms with E-state index in [4.69, 9.17) is 5.11 Å². The van der Waals surface area contributed by atoms with Gasteiger partial charge in [0.2, 0.25) is 0 Å². The molecule has 0 aromatic heterocycles. The van der Waals surface area contributed by atoms with Crippen LogP contribution in [0.15, 0.2) is 0 Å². The van der Waals surface area contributed by atoms with Gasteiger partial charge < -0.3 is 5.11 Å². The van der Waals surface area contributed by atoms with Crippen LogP contribution < -0.4 is 0 Å². The van der Waals surface area contributed by atoms with E-state index in [1.54, 1.807) is 0 Å². The van der Waals surface area contributed by atoms with Crippen LogP contribution in [-0.2, 0) is 4.79 Å². The minimum atomic E-state index is -1.43. The average molecular weight is 434 g/mol. The summed E-state index contributed by atoms with van der Waals surface area (Å²) in [6.45, 7) is 26.0. The van der Waals surface area contributed by atoms with Crippen LogP contribution in [0.2, 0.25) is 10.3 Å². The second kappa shape index (κ2) is 10.3. The van der Waals surface area contributed by atoms with Gasteiger partial charge >= 0.3 is 98.3 Å². The summed E-state index contributed by atoms with van der Waals surface area (Å²) in [5, 5.41) is 8.60. The fourth-order valence-electron chi connectivity index (χ4n) is 4.33. The van der Waals surface area contributed by atoms with Gasteiger partial charge in [0.1, 0.15) is 0 Å². The molecule has 0 aliphatic carbocycles. The van der Waals surface area contributed by atoms with E-state index in [-0.39, 0.29) is 5.92 Å². The normalized spacial score (nSPS) is 14.3. The summed E-state index contributed by atoms with van der Waals surface area (Å²) in [5.41, 5.74) is 0. The third kappa shape index (κ3) is 11.4. The molecule has 1 radical (unpaired) electrons. The molecule has 0 aromatic carbocycles. The van der Waals surface area contributed by atoms with Gasteiger partial charge in [-0.15, -0.1) is 0 Å². The number of carboxylic acids is 1. The molecule has 139 valence electrons. The zero-order valence-electron chi connectivity index (χ0n) is 17.8. The Morgan fingerprint density at radius 2 is 1.22 bits per heavy atom. The van der Waals surface area contributed by atoms with Crippen molar-refractivity contribution in [3.05, 3.63) is 0 Å². The van der Waals surface area contributed by atoms with E-state index in [0.29, 0.717) is 10.3 Å². The maximum atomic E-state index is 10.4. The minimum absolute atomic E-state index is 0.111. The van der Waals surface area contributed by atoms with E-state index in [2.05, 4.69) is 69.2 Å². The quantitative estimate of drug-likeness (QED) is 0.466. The van der Waals surface area contributed by atoms with Gasteiger partial charge in [-0.2, -0.15) is 0 Å². The zero-order chi connectivity index (χ0) is 19.1. The van der Waals surface area contributed by atoms with Gasteiger partial charge in [0, 0.05) is 0 Å². The van der Waals surface area contributed by atoms with E-state index >= 15 is 0 Å². The van der Waals surface area contributed by atoms with Gasteiger partial charge in [0.25, 0.3) is 0 Å². The third-order valence-electron chi connectivity index (χ3n) is 4.00. The van der Waals surface area contributed by atoms with Crippen molar-refractivity contribution in [2.45, 2.75) is 112 Å². The van der Waals surface area contributed by atoms with Gasteiger partial charge in [0.05, 0.1) is 5.92 Å². The van der Waals surface area contributed by atoms with E-state index in [9.17, 15) is 4.79 Å². The van der Waals surface area contributed by atoms with Crippen molar-refractivity contribution < 1.29 is 9.90 Å². The molecule has 0 bridgehead atoms. The standard InChI is InChI=1S/C8H16O2.3C4H9.Sn/c1-3-5-6-7(4-2)8(9)10;3*1-4(2)3;/h7H,3-6H2,1-2H3,(H,9,10);3*1-3H3;. The Hall–Kier alpha value is 0.269. The van der Waals surface area contributed by atoms with Crippen molar-refractivity contribution in [2.24, 2.45) is 5.92 Å². The zero-order valence-corrected chi connectivity index (χ0v) is 20.6. The van der Waals surface area contributed by atoms with Gasteiger partial charge in [-0.05, 0) is 12.8 Å². The van der Waals surface area contributed by atoms with Crippen molar-refractivity contribution in [1.82, 2.24) is 0 Å². The predicted octanol–water partition coefficient (Wildman–Crippen LogP) is 7.17. The first kappa shape index (κ1) is 25.5. The first-order valence-electron chi connectivity index (χ1n) is 9.20. The molecular weight excluding hydrogens is 391 g/mol. The Bertz CT molecular complexity index is 296. The Kier molecular flexibility index (Phi) is 11.4. The number of rotatable bonds is 5. The average Bonchev–Trinajstić information content (AvgIpc) is 2.23. The fraction of sp³-hybridized carbons (Fsp3) is 0.950. The summed E-state index contributed by atoms with van der Waals surface area (Å²) in [7, 11) is 0. The van der Waals surface area contributed by atoms with Crippen LogP contribution in [0.3, 0.4) is 0 Å². The number of carbonyl (C=O) groups is 1. The Labute approximate surface area is 153 Å². The van der Waals surface area contributed by atoms with E-state index in [1.165, 1.54) is 0 Å². The Balaban J connectivity index is 0. The van der Waals surface area contributed by atoms with Crippen LogP contribution in [0.5, 0.6) is 0 Å². The van der Waals surface area contributed by atoms with Crippen LogP contribution in [0.4, 0.5) is 0 Å². The molecule has 0 aliphatic rings. The number of carboxylic acid groups (broad SMARTS) is 1. The molecule has 23 heavy (non-hydrogen) atoms. The second-order valence-corrected chi connectivity index (χ2v) is 24.7. The van der Waals surface area contributed by atoms with Crippen LogP contribution in [0.25, 0.3) is 0 Å². The molecule has 3 heteroatoms. The molecular formula is C20H43O2Sn. The summed E-state index contributed by atoms with van der Waals surface area (Å²) in [4.78, 5) is 10.4. The summed E-state index contributed by atoms with van der Waals surface area (Å²) in [6, 6.07) is 0. The molecule has 0 fully saturated rings. The monoisotopic (exact) mass is 435 g/mol. The Morgan fingerprint density at radius 1 is 0.870 bits per heavy atom. The molecule has 0 saturated carbocycles. The number of aliphatic carboxylic acids is 1. The fourth-order valence-corrected chi connectivity index (χ4v) is 23.6. The molecule has 2 nitrogen and oxygen atoms in total. The van der Waals surface area contributed by atoms with Crippen molar-refractivity contribution in [3.8, 4) is 0 Å². The molecule has 1 atom stereocenters. The van der Waals surface area contributed by atoms with Crippen LogP contribution >= 0.6 is 0 Å². The summed E-state index contributed by atoms with van der Waals surface area (Å²) in [5.74, 6) is -0.754. The van der Waals surface area contributed by atoms with Crippen LogP contribution in [-0.4, -0.2) is 30.8 Å². The first-order chi connectivity index (χ1) is 10.1. The molecule has 0 aliphatic heterocycles. The topological polar surface area (TPSA) is 37.3 Å². The molecule has 0 amide bonds.